The van der Waals surface area contributed by atoms with Crippen molar-refractivity contribution in [3.8, 4) is 0 Å². The molecule has 2 nitrogen and oxygen atoms in total. The molecule has 0 saturated heterocycles. The van der Waals surface area contributed by atoms with Crippen molar-refractivity contribution in [2.75, 3.05) is 21.1 Å². The van der Waals surface area contributed by atoms with Gasteiger partial charge < -0.3 is 10.2 Å². The Balaban J connectivity index is 2.20. The van der Waals surface area contributed by atoms with Gasteiger partial charge in [0.05, 0.1) is 0 Å². The van der Waals surface area contributed by atoms with Crippen LogP contribution in [0.4, 0.5) is 4.39 Å². The fourth-order valence-electron chi connectivity index (χ4n) is 3.73. The second kappa shape index (κ2) is 6.68. The molecule has 1 N–H and O–H groups in total. The maximum absolute atomic E-state index is 13.4. The van der Waals surface area contributed by atoms with Crippen LogP contribution in [-0.4, -0.2) is 37.6 Å². The molecule has 1 aromatic carbocycles. The Bertz CT molecular complexity index is 425. The summed E-state index contributed by atoms with van der Waals surface area (Å²) >= 11 is 0. The van der Waals surface area contributed by atoms with Gasteiger partial charge in [-0.05, 0) is 58.1 Å². The number of hydrogen-bond donors (Lipinski definition) is 1. The molecule has 0 radical (unpaired) electrons. The van der Waals surface area contributed by atoms with Crippen molar-refractivity contribution in [2.45, 2.75) is 50.1 Å². The Hall–Kier alpha value is -0.930. The maximum atomic E-state index is 13.4. The highest BCUT2D eigenvalue weighted by Crippen LogP contribution is 2.36. The minimum Gasteiger partial charge on any atom is -0.315 e. The molecule has 0 bridgehead atoms. The zero-order valence-corrected chi connectivity index (χ0v) is 13.0. The molecule has 1 saturated carbocycles. The van der Waals surface area contributed by atoms with E-state index in [-0.39, 0.29) is 11.4 Å². The lowest BCUT2D eigenvalue weighted by Crippen LogP contribution is -2.60. The lowest BCUT2D eigenvalue weighted by Gasteiger charge is -2.48. The molecule has 20 heavy (non-hydrogen) atoms. The van der Waals surface area contributed by atoms with E-state index in [0.29, 0.717) is 6.04 Å². The van der Waals surface area contributed by atoms with E-state index in [1.54, 1.807) is 12.1 Å². The number of likely N-dealkylation sites (N-methyl/N-ethyl adjacent to an activating group) is 2. The highest BCUT2D eigenvalue weighted by Gasteiger charge is 2.40. The quantitative estimate of drug-likeness (QED) is 0.889. The normalized spacial score (nSPS) is 20.1. The van der Waals surface area contributed by atoms with E-state index in [1.165, 1.54) is 38.2 Å². The first-order valence-electron chi connectivity index (χ1n) is 7.67. The predicted molar refractivity (Wildman–Crippen MR) is 82.5 cm³/mol. The van der Waals surface area contributed by atoms with Crippen LogP contribution in [0.15, 0.2) is 24.3 Å². The first-order chi connectivity index (χ1) is 9.58. The number of halogens is 1. The minimum absolute atomic E-state index is 0.139. The van der Waals surface area contributed by atoms with Crippen molar-refractivity contribution in [3.63, 3.8) is 0 Å². The summed E-state index contributed by atoms with van der Waals surface area (Å²) in [6.45, 7) is 0. The van der Waals surface area contributed by atoms with Crippen LogP contribution in [0, 0.1) is 5.82 Å². The van der Waals surface area contributed by atoms with Gasteiger partial charge in [0.2, 0.25) is 0 Å². The fraction of sp³-hybridized carbons (Fsp3) is 0.647. The van der Waals surface area contributed by atoms with Crippen LogP contribution < -0.4 is 5.32 Å². The molecule has 1 fully saturated rings. The molecule has 112 valence electrons. The monoisotopic (exact) mass is 278 g/mol. The van der Waals surface area contributed by atoms with Crippen LogP contribution in [-0.2, 0) is 6.42 Å². The van der Waals surface area contributed by atoms with Gasteiger partial charge in [-0.1, -0.05) is 31.4 Å². The Morgan fingerprint density at radius 1 is 1.25 bits per heavy atom. The van der Waals surface area contributed by atoms with E-state index in [4.69, 9.17) is 0 Å². The van der Waals surface area contributed by atoms with Crippen LogP contribution in [0.3, 0.4) is 0 Å². The van der Waals surface area contributed by atoms with E-state index >= 15 is 0 Å². The molecule has 0 heterocycles. The maximum Gasteiger partial charge on any atom is 0.123 e. The summed E-state index contributed by atoms with van der Waals surface area (Å²) in [5.74, 6) is -0.139. The second-order valence-corrected chi connectivity index (χ2v) is 6.23. The highest BCUT2D eigenvalue weighted by molar-refractivity contribution is 5.19. The van der Waals surface area contributed by atoms with Crippen molar-refractivity contribution in [1.82, 2.24) is 10.2 Å². The zero-order chi connectivity index (χ0) is 14.6. The lowest BCUT2D eigenvalue weighted by molar-refractivity contribution is 0.0598. The molecular weight excluding hydrogens is 251 g/mol. The fourth-order valence-corrected chi connectivity index (χ4v) is 3.73. The molecule has 0 spiro atoms. The second-order valence-electron chi connectivity index (χ2n) is 6.23. The van der Waals surface area contributed by atoms with Crippen molar-refractivity contribution in [1.29, 1.82) is 0 Å². The number of nitrogens with zero attached hydrogens (tertiary/aromatic N) is 1. The summed E-state index contributed by atoms with van der Waals surface area (Å²) in [7, 11) is 6.40. The van der Waals surface area contributed by atoms with Gasteiger partial charge in [0.15, 0.2) is 0 Å². The Kier molecular flexibility index (Phi) is 5.17. The van der Waals surface area contributed by atoms with E-state index in [2.05, 4.69) is 24.3 Å². The standard InChI is InChI=1S/C17H27FN2/c1-19-16(13-14-8-7-9-15(18)12-14)17(20(2)3)10-5-4-6-11-17/h7-9,12,16,19H,4-6,10-11,13H2,1-3H3. The van der Waals surface area contributed by atoms with Crippen molar-refractivity contribution in [2.24, 2.45) is 0 Å². The first kappa shape index (κ1) is 15.5. The zero-order valence-electron chi connectivity index (χ0n) is 13.0. The summed E-state index contributed by atoms with van der Waals surface area (Å²) in [5, 5.41) is 3.50. The molecule has 1 unspecified atom stereocenters. The molecule has 0 aromatic heterocycles. The summed E-state index contributed by atoms with van der Waals surface area (Å²) < 4.78 is 13.4. The molecule has 0 amide bonds. The third-order valence-corrected chi connectivity index (χ3v) is 4.94. The topological polar surface area (TPSA) is 15.3 Å². The molecule has 2 rings (SSSR count). The van der Waals surface area contributed by atoms with Gasteiger partial charge in [-0.25, -0.2) is 4.39 Å². The average molecular weight is 278 g/mol. The number of nitrogens with one attached hydrogen (secondary N) is 1. The molecule has 1 aliphatic rings. The number of benzene rings is 1. The van der Waals surface area contributed by atoms with Gasteiger partial charge in [0.1, 0.15) is 5.82 Å². The summed E-state index contributed by atoms with van der Waals surface area (Å²) in [6, 6.07) is 7.37. The van der Waals surface area contributed by atoms with Gasteiger partial charge in [0, 0.05) is 11.6 Å². The van der Waals surface area contributed by atoms with Gasteiger partial charge in [-0.2, -0.15) is 0 Å². The van der Waals surface area contributed by atoms with Crippen LogP contribution in [0.5, 0.6) is 0 Å². The van der Waals surface area contributed by atoms with Gasteiger partial charge in [0.25, 0.3) is 0 Å². The third-order valence-electron chi connectivity index (χ3n) is 4.94. The summed E-state index contributed by atoms with van der Waals surface area (Å²) in [6.07, 6.45) is 7.25. The highest BCUT2D eigenvalue weighted by atomic mass is 19.1. The van der Waals surface area contributed by atoms with Crippen LogP contribution in [0.1, 0.15) is 37.7 Å². The number of hydrogen-bond acceptors (Lipinski definition) is 2. The average Bonchev–Trinajstić information content (AvgIpc) is 2.45. The van der Waals surface area contributed by atoms with Gasteiger partial charge >= 0.3 is 0 Å². The lowest BCUT2D eigenvalue weighted by atomic mass is 9.73. The van der Waals surface area contributed by atoms with Crippen molar-refractivity contribution in [3.05, 3.63) is 35.6 Å². The molecule has 1 atom stereocenters. The molecule has 1 aliphatic carbocycles. The Labute approximate surface area is 122 Å². The van der Waals surface area contributed by atoms with Gasteiger partial charge in [-0.3, -0.25) is 0 Å². The van der Waals surface area contributed by atoms with Crippen LogP contribution >= 0.6 is 0 Å². The molecular formula is C17H27FN2. The Morgan fingerprint density at radius 3 is 2.50 bits per heavy atom. The van der Waals surface area contributed by atoms with Crippen molar-refractivity contribution < 1.29 is 4.39 Å². The van der Waals surface area contributed by atoms with Crippen molar-refractivity contribution >= 4 is 0 Å². The largest absolute Gasteiger partial charge is 0.315 e. The van der Waals surface area contributed by atoms with E-state index < -0.39 is 0 Å². The van der Waals surface area contributed by atoms with Gasteiger partial charge in [-0.15, -0.1) is 0 Å². The number of rotatable bonds is 5. The van der Waals surface area contributed by atoms with E-state index in [9.17, 15) is 4.39 Å². The van der Waals surface area contributed by atoms with Crippen LogP contribution in [0.25, 0.3) is 0 Å². The molecule has 3 heteroatoms. The summed E-state index contributed by atoms with van der Waals surface area (Å²) in [4.78, 5) is 2.38. The third kappa shape index (κ3) is 3.21. The summed E-state index contributed by atoms with van der Waals surface area (Å²) in [5.41, 5.74) is 1.27. The minimum atomic E-state index is -0.139. The predicted octanol–water partition coefficient (Wildman–Crippen LogP) is 3.22. The molecule has 0 aliphatic heterocycles. The van der Waals surface area contributed by atoms with Crippen LogP contribution in [0.2, 0.25) is 0 Å². The first-order valence-corrected chi connectivity index (χ1v) is 7.67. The SMILES string of the molecule is CNC(Cc1cccc(F)c1)C1(N(C)C)CCCCC1. The Morgan fingerprint density at radius 2 is 1.95 bits per heavy atom. The molecule has 1 aromatic rings. The van der Waals surface area contributed by atoms with E-state index in [0.717, 1.165) is 12.0 Å². The van der Waals surface area contributed by atoms with E-state index in [1.807, 2.05) is 13.1 Å². The smallest absolute Gasteiger partial charge is 0.123 e.